The van der Waals surface area contributed by atoms with E-state index in [4.69, 9.17) is 0 Å². The van der Waals surface area contributed by atoms with E-state index in [0.29, 0.717) is 0 Å². The van der Waals surface area contributed by atoms with E-state index in [2.05, 4.69) is 4.98 Å². The maximum atomic E-state index is 12.7. The van der Waals surface area contributed by atoms with Gasteiger partial charge in [0.25, 0.3) is 5.91 Å². The number of aromatic nitrogens is 1. The number of nitrogens with zero attached hydrogens (tertiary/aromatic N) is 1. The standard InChI is InChI=1S/C8H9FN2O2/c1-11(2)8(13)5-3-10-4-6(9)7(5)12/h3-4H,1-2H3,(H,10,12). The van der Waals surface area contributed by atoms with Crippen molar-refractivity contribution in [1.82, 2.24) is 9.88 Å². The van der Waals surface area contributed by atoms with Crippen molar-refractivity contribution < 1.29 is 9.18 Å². The second-order valence-corrected chi connectivity index (χ2v) is 2.75. The highest BCUT2D eigenvalue weighted by Gasteiger charge is 2.14. The van der Waals surface area contributed by atoms with Gasteiger partial charge in [0.15, 0.2) is 5.82 Å². The lowest BCUT2D eigenvalue weighted by Crippen LogP contribution is -2.28. The third-order valence-electron chi connectivity index (χ3n) is 1.54. The van der Waals surface area contributed by atoms with Crippen molar-refractivity contribution >= 4 is 5.91 Å². The van der Waals surface area contributed by atoms with Crippen LogP contribution in [0, 0.1) is 5.82 Å². The highest BCUT2D eigenvalue weighted by Crippen LogP contribution is 1.95. The molecular weight excluding hydrogens is 175 g/mol. The van der Waals surface area contributed by atoms with E-state index < -0.39 is 17.2 Å². The van der Waals surface area contributed by atoms with Gasteiger partial charge < -0.3 is 9.88 Å². The first kappa shape index (κ1) is 9.44. The number of hydrogen-bond acceptors (Lipinski definition) is 2. The molecule has 0 spiro atoms. The van der Waals surface area contributed by atoms with Gasteiger partial charge in [0, 0.05) is 26.5 Å². The average molecular weight is 184 g/mol. The maximum absolute atomic E-state index is 12.7. The van der Waals surface area contributed by atoms with Gasteiger partial charge in [0.1, 0.15) is 5.56 Å². The topological polar surface area (TPSA) is 53.2 Å². The first-order chi connectivity index (χ1) is 6.04. The Hall–Kier alpha value is -1.65. The first-order valence-corrected chi connectivity index (χ1v) is 3.62. The van der Waals surface area contributed by atoms with Crippen LogP contribution in [0.15, 0.2) is 17.2 Å². The van der Waals surface area contributed by atoms with Crippen LogP contribution in [-0.4, -0.2) is 29.9 Å². The zero-order chi connectivity index (χ0) is 10.0. The van der Waals surface area contributed by atoms with Gasteiger partial charge in [-0.05, 0) is 0 Å². The zero-order valence-electron chi connectivity index (χ0n) is 7.30. The SMILES string of the molecule is CN(C)C(=O)c1c[nH]cc(F)c1=O. The number of H-pyrrole nitrogens is 1. The fraction of sp³-hybridized carbons (Fsp3) is 0.250. The second-order valence-electron chi connectivity index (χ2n) is 2.75. The van der Waals surface area contributed by atoms with Crippen molar-refractivity contribution in [3.05, 3.63) is 34.0 Å². The van der Waals surface area contributed by atoms with E-state index in [0.717, 1.165) is 6.20 Å². The summed E-state index contributed by atoms with van der Waals surface area (Å²) in [6, 6.07) is 0. The highest BCUT2D eigenvalue weighted by atomic mass is 19.1. The smallest absolute Gasteiger partial charge is 0.258 e. The molecule has 13 heavy (non-hydrogen) atoms. The molecule has 70 valence electrons. The summed E-state index contributed by atoms with van der Waals surface area (Å²) in [5.74, 6) is -1.46. The van der Waals surface area contributed by atoms with Crippen LogP contribution in [0.2, 0.25) is 0 Å². The van der Waals surface area contributed by atoms with Crippen LogP contribution in [0.3, 0.4) is 0 Å². The summed E-state index contributed by atoms with van der Waals surface area (Å²) in [6.45, 7) is 0. The maximum Gasteiger partial charge on any atom is 0.258 e. The van der Waals surface area contributed by atoms with Gasteiger partial charge in [0.2, 0.25) is 5.43 Å². The molecule has 1 N–H and O–H groups in total. The van der Waals surface area contributed by atoms with E-state index in [9.17, 15) is 14.0 Å². The van der Waals surface area contributed by atoms with Crippen molar-refractivity contribution in [1.29, 1.82) is 0 Å². The normalized spacial score (nSPS) is 9.77. The number of hydrogen-bond donors (Lipinski definition) is 1. The Bertz CT molecular complexity index is 384. The molecule has 5 heteroatoms. The monoisotopic (exact) mass is 184 g/mol. The van der Waals surface area contributed by atoms with E-state index in [1.807, 2.05) is 0 Å². The summed E-state index contributed by atoms with van der Waals surface area (Å²) in [5, 5.41) is 0. The van der Waals surface area contributed by atoms with Crippen LogP contribution in [0.4, 0.5) is 4.39 Å². The summed E-state index contributed by atoms with van der Waals surface area (Å²) in [6.07, 6.45) is 2.10. The molecule has 0 aromatic carbocycles. The van der Waals surface area contributed by atoms with E-state index in [-0.39, 0.29) is 5.56 Å². The fourth-order valence-electron chi connectivity index (χ4n) is 0.858. The quantitative estimate of drug-likeness (QED) is 0.678. The lowest BCUT2D eigenvalue weighted by atomic mass is 10.2. The Labute approximate surface area is 74.0 Å². The minimum Gasteiger partial charge on any atom is -0.364 e. The molecule has 0 unspecified atom stereocenters. The summed E-state index contributed by atoms with van der Waals surface area (Å²) in [5.41, 5.74) is -1.07. The van der Waals surface area contributed by atoms with Gasteiger partial charge in [-0.1, -0.05) is 0 Å². The van der Waals surface area contributed by atoms with E-state index in [1.165, 1.54) is 25.2 Å². The molecule has 1 aromatic heterocycles. The minimum atomic E-state index is -0.951. The second kappa shape index (κ2) is 3.38. The molecule has 0 radical (unpaired) electrons. The average Bonchev–Trinajstić information content (AvgIpc) is 2.08. The Morgan fingerprint density at radius 2 is 2.08 bits per heavy atom. The molecule has 0 aliphatic heterocycles. The number of aromatic amines is 1. The molecule has 0 saturated carbocycles. The molecule has 0 atom stereocenters. The Morgan fingerprint density at radius 3 is 2.62 bits per heavy atom. The van der Waals surface area contributed by atoms with Crippen molar-refractivity contribution in [3.63, 3.8) is 0 Å². The molecule has 1 heterocycles. The number of carbonyl (C=O) groups excluding carboxylic acids is 1. The highest BCUT2D eigenvalue weighted by molar-refractivity contribution is 5.93. The summed E-state index contributed by atoms with van der Waals surface area (Å²) < 4.78 is 12.7. The molecule has 0 aliphatic rings. The van der Waals surface area contributed by atoms with Crippen LogP contribution in [-0.2, 0) is 0 Å². The number of carbonyl (C=O) groups is 1. The Morgan fingerprint density at radius 1 is 1.46 bits per heavy atom. The molecule has 4 nitrogen and oxygen atoms in total. The van der Waals surface area contributed by atoms with Crippen LogP contribution >= 0.6 is 0 Å². The van der Waals surface area contributed by atoms with E-state index >= 15 is 0 Å². The van der Waals surface area contributed by atoms with Crippen molar-refractivity contribution in [2.45, 2.75) is 0 Å². The van der Waals surface area contributed by atoms with Crippen molar-refractivity contribution in [2.24, 2.45) is 0 Å². The number of nitrogens with one attached hydrogen (secondary N) is 1. The lowest BCUT2D eigenvalue weighted by molar-refractivity contribution is 0.0825. The minimum absolute atomic E-state index is 0.190. The van der Waals surface area contributed by atoms with Crippen LogP contribution in [0.25, 0.3) is 0 Å². The summed E-state index contributed by atoms with van der Waals surface area (Å²) >= 11 is 0. The van der Waals surface area contributed by atoms with Gasteiger partial charge in [-0.2, -0.15) is 0 Å². The Kier molecular flexibility index (Phi) is 2.46. The van der Waals surface area contributed by atoms with Gasteiger partial charge in [-0.15, -0.1) is 0 Å². The number of halogens is 1. The number of rotatable bonds is 1. The van der Waals surface area contributed by atoms with Crippen molar-refractivity contribution in [3.8, 4) is 0 Å². The largest absolute Gasteiger partial charge is 0.364 e. The molecule has 0 bridgehead atoms. The third-order valence-corrected chi connectivity index (χ3v) is 1.54. The molecule has 1 rings (SSSR count). The predicted molar refractivity (Wildman–Crippen MR) is 45.0 cm³/mol. The number of amides is 1. The lowest BCUT2D eigenvalue weighted by Gasteiger charge is -2.08. The molecule has 1 amide bonds. The van der Waals surface area contributed by atoms with Crippen LogP contribution in [0.1, 0.15) is 10.4 Å². The molecule has 0 aliphatic carbocycles. The summed E-state index contributed by atoms with van der Waals surface area (Å²) in [4.78, 5) is 25.9. The van der Waals surface area contributed by atoms with E-state index in [1.54, 1.807) is 0 Å². The Balaban J connectivity index is 3.24. The van der Waals surface area contributed by atoms with Gasteiger partial charge in [-0.3, -0.25) is 9.59 Å². The molecule has 1 aromatic rings. The van der Waals surface area contributed by atoms with Gasteiger partial charge in [-0.25, -0.2) is 4.39 Å². The van der Waals surface area contributed by atoms with Crippen LogP contribution < -0.4 is 5.43 Å². The fourth-order valence-corrected chi connectivity index (χ4v) is 0.858. The predicted octanol–water partition coefficient (Wildman–Crippen LogP) is 0.216. The molecule has 0 saturated heterocycles. The molecule has 0 fully saturated rings. The van der Waals surface area contributed by atoms with Crippen molar-refractivity contribution in [2.75, 3.05) is 14.1 Å². The number of pyridine rings is 1. The van der Waals surface area contributed by atoms with Crippen LogP contribution in [0.5, 0.6) is 0 Å². The summed E-state index contributed by atoms with van der Waals surface area (Å²) in [7, 11) is 2.99. The zero-order valence-corrected chi connectivity index (χ0v) is 7.30. The van der Waals surface area contributed by atoms with Gasteiger partial charge in [0.05, 0.1) is 0 Å². The first-order valence-electron chi connectivity index (χ1n) is 3.62. The van der Waals surface area contributed by atoms with Gasteiger partial charge >= 0.3 is 0 Å². The third kappa shape index (κ3) is 1.74. The molecular formula is C8H9FN2O2.